The van der Waals surface area contributed by atoms with Crippen LogP contribution in [-0.2, 0) is 9.53 Å². The van der Waals surface area contributed by atoms with Crippen LogP contribution in [0.15, 0.2) is 60.3 Å². The minimum absolute atomic E-state index is 0.0829. The fourth-order valence-corrected chi connectivity index (χ4v) is 2.84. The standard InChI is InChI=1S/C20H19N5O4/c21-13-15(20(26)23-16-5-7-17(8-6-16)25(27)28)14-22-18-3-1-2-4-19(18)24-9-11-29-12-10-24/h1-8,14,22H,9-12H2,(H,23,26)/b15-14-. The Kier molecular flexibility index (Phi) is 6.40. The highest BCUT2D eigenvalue weighted by atomic mass is 16.6. The molecule has 0 aliphatic carbocycles. The molecule has 2 aromatic carbocycles. The number of para-hydroxylation sites is 2. The Morgan fingerprint density at radius 2 is 1.86 bits per heavy atom. The number of carbonyl (C=O) groups excluding carboxylic acids is 1. The maximum atomic E-state index is 12.4. The number of amides is 1. The van der Waals surface area contributed by atoms with Gasteiger partial charge in [-0.3, -0.25) is 14.9 Å². The summed E-state index contributed by atoms with van der Waals surface area (Å²) in [5.41, 5.74) is 1.88. The van der Waals surface area contributed by atoms with Crippen molar-refractivity contribution < 1.29 is 14.5 Å². The molecular weight excluding hydrogens is 374 g/mol. The van der Waals surface area contributed by atoms with Gasteiger partial charge in [0.1, 0.15) is 11.6 Å². The van der Waals surface area contributed by atoms with Crippen LogP contribution in [0, 0.1) is 21.4 Å². The highest BCUT2D eigenvalue weighted by Crippen LogP contribution is 2.26. The van der Waals surface area contributed by atoms with Crippen LogP contribution in [0.1, 0.15) is 0 Å². The van der Waals surface area contributed by atoms with E-state index in [1.165, 1.54) is 30.5 Å². The van der Waals surface area contributed by atoms with Gasteiger partial charge in [0.2, 0.25) is 0 Å². The van der Waals surface area contributed by atoms with Crippen LogP contribution in [0.2, 0.25) is 0 Å². The lowest BCUT2D eigenvalue weighted by Crippen LogP contribution is -2.36. The number of morpholine rings is 1. The molecule has 1 saturated heterocycles. The van der Waals surface area contributed by atoms with Gasteiger partial charge in [0.25, 0.3) is 11.6 Å². The number of rotatable bonds is 6. The molecule has 1 fully saturated rings. The third-order valence-corrected chi connectivity index (χ3v) is 4.33. The van der Waals surface area contributed by atoms with Crippen LogP contribution < -0.4 is 15.5 Å². The second-order valence-corrected chi connectivity index (χ2v) is 6.19. The molecule has 1 heterocycles. The van der Waals surface area contributed by atoms with Crippen molar-refractivity contribution in [1.82, 2.24) is 0 Å². The van der Waals surface area contributed by atoms with E-state index in [4.69, 9.17) is 4.74 Å². The van der Waals surface area contributed by atoms with E-state index in [0.29, 0.717) is 18.9 Å². The molecule has 9 heteroatoms. The van der Waals surface area contributed by atoms with E-state index in [0.717, 1.165) is 24.5 Å². The van der Waals surface area contributed by atoms with Crippen LogP contribution in [0.25, 0.3) is 0 Å². The first kappa shape index (κ1) is 19.9. The van der Waals surface area contributed by atoms with E-state index in [-0.39, 0.29) is 11.3 Å². The van der Waals surface area contributed by atoms with Crippen LogP contribution in [-0.4, -0.2) is 37.1 Å². The fourth-order valence-electron chi connectivity index (χ4n) is 2.84. The zero-order chi connectivity index (χ0) is 20.6. The highest BCUT2D eigenvalue weighted by molar-refractivity contribution is 6.06. The minimum Gasteiger partial charge on any atom is -0.378 e. The van der Waals surface area contributed by atoms with E-state index >= 15 is 0 Å². The lowest BCUT2D eigenvalue weighted by molar-refractivity contribution is -0.384. The summed E-state index contributed by atoms with van der Waals surface area (Å²) in [6.07, 6.45) is 1.35. The number of nitriles is 1. The number of nitrogens with zero attached hydrogens (tertiary/aromatic N) is 3. The van der Waals surface area contributed by atoms with Crippen LogP contribution >= 0.6 is 0 Å². The Labute approximate surface area is 167 Å². The number of nitro groups is 1. The van der Waals surface area contributed by atoms with Gasteiger partial charge in [0.05, 0.1) is 29.5 Å². The summed E-state index contributed by atoms with van der Waals surface area (Å²) in [5, 5.41) is 25.6. The topological polar surface area (TPSA) is 121 Å². The first-order valence-electron chi connectivity index (χ1n) is 8.93. The zero-order valence-electron chi connectivity index (χ0n) is 15.5. The van der Waals surface area contributed by atoms with Gasteiger partial charge in [-0.25, -0.2) is 0 Å². The average Bonchev–Trinajstić information content (AvgIpc) is 2.75. The van der Waals surface area contributed by atoms with E-state index in [9.17, 15) is 20.2 Å². The largest absolute Gasteiger partial charge is 0.378 e. The van der Waals surface area contributed by atoms with E-state index in [2.05, 4.69) is 15.5 Å². The first-order valence-corrected chi connectivity index (χ1v) is 8.93. The number of anilines is 3. The Morgan fingerprint density at radius 3 is 2.52 bits per heavy atom. The molecular formula is C20H19N5O4. The van der Waals surface area contributed by atoms with Crippen LogP contribution in [0.3, 0.4) is 0 Å². The highest BCUT2D eigenvalue weighted by Gasteiger charge is 2.15. The van der Waals surface area contributed by atoms with Gasteiger partial charge < -0.3 is 20.3 Å². The molecule has 1 aliphatic rings. The van der Waals surface area contributed by atoms with Gasteiger partial charge in [0, 0.05) is 37.1 Å². The predicted octanol–water partition coefficient (Wildman–Crippen LogP) is 2.89. The molecule has 29 heavy (non-hydrogen) atoms. The molecule has 1 aliphatic heterocycles. The lowest BCUT2D eigenvalue weighted by atomic mass is 10.2. The molecule has 148 valence electrons. The molecule has 0 saturated carbocycles. The summed E-state index contributed by atoms with van der Waals surface area (Å²) >= 11 is 0. The van der Waals surface area contributed by atoms with Crippen molar-refractivity contribution in [3.8, 4) is 6.07 Å². The lowest BCUT2D eigenvalue weighted by Gasteiger charge is -2.30. The maximum absolute atomic E-state index is 12.4. The van der Waals surface area contributed by atoms with Crippen molar-refractivity contribution in [2.75, 3.05) is 41.8 Å². The number of hydrogen-bond acceptors (Lipinski definition) is 7. The monoisotopic (exact) mass is 393 g/mol. The zero-order valence-corrected chi connectivity index (χ0v) is 15.5. The number of nitro benzene ring substituents is 1. The third-order valence-electron chi connectivity index (χ3n) is 4.33. The van der Waals surface area contributed by atoms with Crippen molar-refractivity contribution in [2.45, 2.75) is 0 Å². The summed E-state index contributed by atoms with van der Waals surface area (Å²) in [6, 6.07) is 14.9. The molecule has 2 aromatic rings. The third kappa shape index (κ3) is 5.09. The summed E-state index contributed by atoms with van der Waals surface area (Å²) in [7, 11) is 0. The summed E-state index contributed by atoms with van der Waals surface area (Å²) < 4.78 is 5.38. The quantitative estimate of drug-likeness (QED) is 0.335. The van der Waals surface area contributed by atoms with Gasteiger partial charge in [0.15, 0.2) is 0 Å². The summed E-state index contributed by atoms with van der Waals surface area (Å²) in [6.45, 7) is 2.80. The number of ether oxygens (including phenoxy) is 1. The molecule has 0 bridgehead atoms. The average molecular weight is 393 g/mol. The van der Waals surface area contributed by atoms with Gasteiger partial charge in [-0.1, -0.05) is 12.1 Å². The minimum atomic E-state index is -0.613. The van der Waals surface area contributed by atoms with Crippen molar-refractivity contribution in [3.05, 3.63) is 70.4 Å². The Balaban J connectivity index is 1.71. The normalized spacial score (nSPS) is 14.0. The fraction of sp³-hybridized carbons (Fsp3) is 0.200. The van der Waals surface area contributed by atoms with E-state index in [1.54, 1.807) is 0 Å². The number of non-ortho nitro benzene ring substituents is 1. The molecule has 0 spiro atoms. The summed E-state index contributed by atoms with van der Waals surface area (Å²) in [5.74, 6) is -0.613. The number of hydrogen-bond donors (Lipinski definition) is 2. The van der Waals surface area contributed by atoms with Crippen molar-refractivity contribution in [2.24, 2.45) is 0 Å². The molecule has 2 N–H and O–H groups in total. The second-order valence-electron chi connectivity index (χ2n) is 6.19. The van der Waals surface area contributed by atoms with E-state index in [1.807, 2.05) is 30.3 Å². The van der Waals surface area contributed by atoms with Crippen molar-refractivity contribution >= 4 is 28.7 Å². The maximum Gasteiger partial charge on any atom is 0.269 e. The van der Waals surface area contributed by atoms with Gasteiger partial charge in [-0.05, 0) is 24.3 Å². The number of carbonyl (C=O) groups is 1. The van der Waals surface area contributed by atoms with Gasteiger partial charge in [-0.2, -0.15) is 5.26 Å². The first-order chi connectivity index (χ1) is 14.1. The molecule has 0 aromatic heterocycles. The number of benzene rings is 2. The Hall–Kier alpha value is -3.90. The van der Waals surface area contributed by atoms with Crippen LogP contribution in [0.5, 0.6) is 0 Å². The smallest absolute Gasteiger partial charge is 0.269 e. The van der Waals surface area contributed by atoms with Crippen molar-refractivity contribution in [3.63, 3.8) is 0 Å². The SMILES string of the molecule is N#C/C(=C/Nc1ccccc1N1CCOCC1)C(=O)Nc1ccc([N+](=O)[O-])cc1. The predicted molar refractivity (Wildman–Crippen MR) is 109 cm³/mol. The molecule has 0 atom stereocenters. The summed E-state index contributed by atoms with van der Waals surface area (Å²) in [4.78, 5) is 24.7. The molecule has 0 radical (unpaired) electrons. The van der Waals surface area contributed by atoms with Crippen LogP contribution in [0.4, 0.5) is 22.7 Å². The molecule has 1 amide bonds. The Bertz CT molecular complexity index is 960. The van der Waals surface area contributed by atoms with Crippen molar-refractivity contribution in [1.29, 1.82) is 5.26 Å². The van der Waals surface area contributed by atoms with E-state index < -0.39 is 10.8 Å². The second kappa shape index (κ2) is 9.34. The Morgan fingerprint density at radius 1 is 1.17 bits per heavy atom. The van der Waals surface area contributed by atoms with Gasteiger partial charge in [-0.15, -0.1) is 0 Å². The van der Waals surface area contributed by atoms with Gasteiger partial charge >= 0.3 is 0 Å². The number of nitrogens with one attached hydrogen (secondary N) is 2. The molecule has 9 nitrogen and oxygen atoms in total. The molecule has 0 unspecified atom stereocenters. The molecule has 3 rings (SSSR count).